The molecule has 3 aromatic carbocycles. The minimum absolute atomic E-state index is 0.0227. The van der Waals surface area contributed by atoms with Crippen molar-refractivity contribution in [3.05, 3.63) is 95.6 Å². The number of fused-ring (bicyclic) bond motifs is 3. The average Bonchev–Trinajstić information content (AvgIpc) is 3.21. The number of hydrogen-bond acceptors (Lipinski definition) is 4. The Hall–Kier alpha value is -3.60. The molecule has 0 saturated heterocycles. The molecule has 2 aliphatic rings. The predicted octanol–water partition coefficient (Wildman–Crippen LogP) is 5.97. The molecule has 0 unspecified atom stereocenters. The van der Waals surface area contributed by atoms with E-state index in [-0.39, 0.29) is 25.1 Å². The van der Waals surface area contributed by atoms with Crippen molar-refractivity contribution in [2.24, 2.45) is 0 Å². The second-order valence-electron chi connectivity index (χ2n) is 9.16. The molecule has 1 N–H and O–H groups in total. The van der Waals surface area contributed by atoms with Gasteiger partial charge in [-0.2, -0.15) is 0 Å². The highest BCUT2D eigenvalue weighted by molar-refractivity contribution is 5.86. The fourth-order valence-corrected chi connectivity index (χ4v) is 5.23. The van der Waals surface area contributed by atoms with Gasteiger partial charge in [0.1, 0.15) is 18.8 Å². The molecule has 0 atom stereocenters. The third-order valence-corrected chi connectivity index (χ3v) is 7.00. The highest BCUT2D eigenvalue weighted by atomic mass is 16.6. The fourth-order valence-electron chi connectivity index (χ4n) is 5.23. The molecule has 3 aromatic rings. The van der Waals surface area contributed by atoms with Crippen LogP contribution in [0.25, 0.3) is 11.1 Å². The van der Waals surface area contributed by atoms with E-state index in [0.29, 0.717) is 12.8 Å². The van der Waals surface area contributed by atoms with Crippen LogP contribution >= 0.6 is 0 Å². The summed E-state index contributed by atoms with van der Waals surface area (Å²) >= 11 is 0. The standard InChI is InChI=1S/C29H29NO4/c31-27(33-19-21-11-3-1-4-12-21)29(17-9-2-10-18-29)30-28(32)34-20-26-24-15-7-5-13-22(24)23-14-6-8-16-25(23)26/h1,3-8,11-16,26H,2,9-10,17-20H2,(H,30,32). The van der Waals surface area contributed by atoms with Gasteiger partial charge in [0.2, 0.25) is 0 Å². The number of ether oxygens (including phenoxy) is 2. The lowest BCUT2D eigenvalue weighted by atomic mass is 9.82. The first-order chi connectivity index (χ1) is 16.7. The van der Waals surface area contributed by atoms with E-state index < -0.39 is 11.6 Å². The van der Waals surface area contributed by atoms with E-state index in [4.69, 9.17) is 9.47 Å². The number of rotatable bonds is 6. The van der Waals surface area contributed by atoms with E-state index in [0.717, 1.165) is 36.0 Å². The number of carbonyl (C=O) groups is 2. The Balaban J connectivity index is 1.26. The monoisotopic (exact) mass is 455 g/mol. The molecule has 0 radical (unpaired) electrons. The number of alkyl carbamates (subject to hydrolysis) is 1. The highest BCUT2D eigenvalue weighted by Crippen LogP contribution is 2.44. The lowest BCUT2D eigenvalue weighted by molar-refractivity contribution is -0.154. The molecule has 1 saturated carbocycles. The van der Waals surface area contributed by atoms with Crippen LogP contribution in [0.4, 0.5) is 4.79 Å². The van der Waals surface area contributed by atoms with Gasteiger partial charge in [-0.05, 0) is 40.7 Å². The second-order valence-corrected chi connectivity index (χ2v) is 9.16. The van der Waals surface area contributed by atoms with Gasteiger partial charge in [0.15, 0.2) is 0 Å². The minimum atomic E-state index is -1.03. The van der Waals surface area contributed by atoms with Crippen LogP contribution in [0.2, 0.25) is 0 Å². The van der Waals surface area contributed by atoms with E-state index in [9.17, 15) is 9.59 Å². The van der Waals surface area contributed by atoms with Crippen molar-refractivity contribution in [2.45, 2.75) is 50.2 Å². The molecule has 0 heterocycles. The van der Waals surface area contributed by atoms with Crippen LogP contribution in [0.3, 0.4) is 0 Å². The predicted molar refractivity (Wildman–Crippen MR) is 130 cm³/mol. The van der Waals surface area contributed by atoms with E-state index in [2.05, 4.69) is 29.6 Å². The normalized spacial score (nSPS) is 16.2. The van der Waals surface area contributed by atoms with Gasteiger partial charge in [0.05, 0.1) is 0 Å². The summed E-state index contributed by atoms with van der Waals surface area (Å²) in [6.07, 6.45) is 3.32. The average molecular weight is 456 g/mol. The molecular weight excluding hydrogens is 426 g/mol. The Kier molecular flexibility index (Phi) is 6.35. The topological polar surface area (TPSA) is 64.6 Å². The number of esters is 1. The first-order valence-electron chi connectivity index (χ1n) is 12.0. The molecule has 0 bridgehead atoms. The number of carbonyl (C=O) groups excluding carboxylic acids is 2. The molecule has 174 valence electrons. The van der Waals surface area contributed by atoms with Crippen molar-refractivity contribution in [1.29, 1.82) is 0 Å². The van der Waals surface area contributed by atoms with Gasteiger partial charge in [-0.15, -0.1) is 0 Å². The fraction of sp³-hybridized carbons (Fsp3) is 0.310. The third-order valence-electron chi connectivity index (χ3n) is 7.00. The first-order valence-corrected chi connectivity index (χ1v) is 12.0. The molecule has 2 aliphatic carbocycles. The molecule has 1 amide bonds. The van der Waals surface area contributed by atoms with Crippen LogP contribution < -0.4 is 5.32 Å². The minimum Gasteiger partial charge on any atom is -0.459 e. The molecule has 0 spiro atoms. The van der Waals surface area contributed by atoms with Crippen LogP contribution in [0.15, 0.2) is 78.9 Å². The Bertz CT molecular complexity index is 1120. The maximum atomic E-state index is 13.1. The second kappa shape index (κ2) is 9.72. The third kappa shape index (κ3) is 4.43. The Morgan fingerprint density at radius 3 is 2.00 bits per heavy atom. The van der Waals surface area contributed by atoms with Crippen LogP contribution in [0, 0.1) is 0 Å². The van der Waals surface area contributed by atoms with E-state index in [1.807, 2.05) is 54.6 Å². The van der Waals surface area contributed by atoms with E-state index in [1.165, 1.54) is 11.1 Å². The molecule has 5 nitrogen and oxygen atoms in total. The molecule has 1 fully saturated rings. The Labute approximate surface area is 200 Å². The van der Waals surface area contributed by atoms with Gasteiger partial charge >= 0.3 is 12.1 Å². The van der Waals surface area contributed by atoms with Crippen molar-refractivity contribution in [1.82, 2.24) is 5.32 Å². The quantitative estimate of drug-likeness (QED) is 0.465. The van der Waals surface area contributed by atoms with E-state index >= 15 is 0 Å². The van der Waals surface area contributed by atoms with Crippen molar-refractivity contribution in [2.75, 3.05) is 6.61 Å². The molecule has 5 rings (SSSR count). The van der Waals surface area contributed by atoms with Crippen molar-refractivity contribution in [3.63, 3.8) is 0 Å². The Morgan fingerprint density at radius 2 is 1.35 bits per heavy atom. The zero-order valence-corrected chi connectivity index (χ0v) is 19.2. The molecule has 34 heavy (non-hydrogen) atoms. The molecule has 0 aromatic heterocycles. The largest absolute Gasteiger partial charge is 0.459 e. The van der Waals surface area contributed by atoms with Gasteiger partial charge in [-0.1, -0.05) is 98.1 Å². The van der Waals surface area contributed by atoms with Crippen LogP contribution in [0.5, 0.6) is 0 Å². The van der Waals surface area contributed by atoms with Gasteiger partial charge in [0, 0.05) is 5.92 Å². The zero-order valence-electron chi connectivity index (χ0n) is 19.2. The summed E-state index contributed by atoms with van der Waals surface area (Å²) in [6.45, 7) is 0.406. The molecule has 0 aliphatic heterocycles. The van der Waals surface area contributed by atoms with Gasteiger partial charge in [-0.25, -0.2) is 9.59 Å². The summed E-state index contributed by atoms with van der Waals surface area (Å²) in [5.41, 5.74) is 4.57. The zero-order chi connectivity index (χ0) is 23.4. The number of benzene rings is 3. The van der Waals surface area contributed by atoms with Crippen molar-refractivity contribution in [3.8, 4) is 11.1 Å². The summed E-state index contributed by atoms with van der Waals surface area (Å²) in [7, 11) is 0. The van der Waals surface area contributed by atoms with Gasteiger partial charge < -0.3 is 14.8 Å². The summed E-state index contributed by atoms with van der Waals surface area (Å²) in [5, 5.41) is 2.90. The van der Waals surface area contributed by atoms with Gasteiger partial charge in [0.25, 0.3) is 0 Å². The first kappa shape index (κ1) is 22.2. The lowest BCUT2D eigenvalue weighted by Gasteiger charge is -2.35. The SMILES string of the molecule is O=C(NC1(C(=O)OCc2ccccc2)CCCCC1)OCC1c2ccccc2-c2ccccc21. The van der Waals surface area contributed by atoms with Gasteiger partial charge in [-0.3, -0.25) is 0 Å². The number of hydrogen-bond donors (Lipinski definition) is 1. The lowest BCUT2D eigenvalue weighted by Crippen LogP contribution is -2.56. The van der Waals surface area contributed by atoms with E-state index in [1.54, 1.807) is 0 Å². The highest BCUT2D eigenvalue weighted by Gasteiger charge is 2.43. The Morgan fingerprint density at radius 1 is 0.765 bits per heavy atom. The van der Waals surface area contributed by atoms with Crippen LogP contribution in [-0.2, 0) is 20.9 Å². The van der Waals surface area contributed by atoms with Crippen LogP contribution in [0.1, 0.15) is 54.7 Å². The smallest absolute Gasteiger partial charge is 0.408 e. The number of amides is 1. The summed E-state index contributed by atoms with van der Waals surface area (Å²) in [4.78, 5) is 26.1. The maximum Gasteiger partial charge on any atom is 0.408 e. The molecule has 5 heteroatoms. The van der Waals surface area contributed by atoms with Crippen molar-refractivity contribution < 1.29 is 19.1 Å². The summed E-state index contributed by atoms with van der Waals surface area (Å²) < 4.78 is 11.4. The summed E-state index contributed by atoms with van der Waals surface area (Å²) in [5.74, 6) is -0.407. The van der Waals surface area contributed by atoms with Crippen molar-refractivity contribution >= 4 is 12.1 Å². The summed E-state index contributed by atoms with van der Waals surface area (Å²) in [6, 6.07) is 26.0. The maximum absolute atomic E-state index is 13.1. The molecular formula is C29H29NO4. The number of nitrogens with one attached hydrogen (secondary N) is 1. The van der Waals surface area contributed by atoms with Crippen LogP contribution in [-0.4, -0.2) is 24.2 Å².